The third-order valence-electron chi connectivity index (χ3n) is 7.13. The number of fused-ring (bicyclic) bond motifs is 3. The number of carbonyl (C=O) groups excluding carboxylic acids is 1. The fourth-order valence-electron chi connectivity index (χ4n) is 5.44. The first kappa shape index (κ1) is 27.9. The minimum absolute atomic E-state index is 0.0293. The molecule has 2 aromatic carbocycles. The molecule has 2 aliphatic rings. The predicted octanol–water partition coefficient (Wildman–Crippen LogP) is 5.98. The van der Waals surface area contributed by atoms with Crippen molar-refractivity contribution in [2.24, 2.45) is 0 Å². The number of alkyl halides is 7. The van der Waals surface area contributed by atoms with Crippen LogP contribution in [-0.2, 0) is 31.5 Å². The molecule has 0 unspecified atom stereocenters. The molecule has 0 radical (unpaired) electrons. The summed E-state index contributed by atoms with van der Waals surface area (Å²) in [6, 6.07) is 6.44. The van der Waals surface area contributed by atoms with Gasteiger partial charge in [0.15, 0.2) is 9.84 Å². The molecule has 200 valence electrons. The normalized spacial score (nSPS) is 22.4. The second kappa shape index (κ2) is 8.95. The van der Waals surface area contributed by atoms with Crippen LogP contribution in [0, 0.1) is 3.57 Å². The Morgan fingerprint density at radius 3 is 2.16 bits per heavy atom. The molecule has 1 saturated heterocycles. The third kappa shape index (κ3) is 3.98. The van der Waals surface area contributed by atoms with Crippen LogP contribution in [0.1, 0.15) is 29.5 Å². The molecule has 37 heavy (non-hydrogen) atoms. The van der Waals surface area contributed by atoms with Crippen LogP contribution in [0.15, 0.2) is 60.0 Å². The summed E-state index contributed by atoms with van der Waals surface area (Å²) in [7, 11) is -4.34. The fourth-order valence-corrected chi connectivity index (χ4v) is 8.16. The van der Waals surface area contributed by atoms with Crippen LogP contribution in [0.5, 0.6) is 0 Å². The van der Waals surface area contributed by atoms with E-state index in [9.17, 15) is 43.9 Å². The van der Waals surface area contributed by atoms with Crippen molar-refractivity contribution < 1.29 is 43.9 Å². The van der Waals surface area contributed by atoms with E-state index in [1.807, 2.05) is 22.6 Å². The molecule has 13 heteroatoms. The fraction of sp³-hybridized carbons (Fsp3) is 0.375. The summed E-state index contributed by atoms with van der Waals surface area (Å²) in [5.41, 5.74) is -7.51. The number of likely N-dealkylation sites (tertiary alicyclic amines) is 1. The highest BCUT2D eigenvalue weighted by atomic mass is 127. The molecule has 4 rings (SSSR count). The molecule has 0 spiro atoms. The molecule has 0 aromatic heterocycles. The van der Waals surface area contributed by atoms with Crippen molar-refractivity contribution in [3.63, 3.8) is 0 Å². The number of benzene rings is 2. The van der Waals surface area contributed by atoms with Gasteiger partial charge in [0, 0.05) is 15.7 Å². The molecular weight excluding hydrogens is 642 g/mol. The average Bonchev–Trinajstić information content (AvgIpc) is 3.23. The van der Waals surface area contributed by atoms with E-state index in [-0.39, 0.29) is 41.8 Å². The van der Waals surface area contributed by atoms with Crippen LogP contribution in [0.25, 0.3) is 0 Å². The van der Waals surface area contributed by atoms with Gasteiger partial charge in [-0.2, -0.15) is 26.3 Å². The van der Waals surface area contributed by atoms with Gasteiger partial charge in [0.1, 0.15) is 4.75 Å². The summed E-state index contributed by atoms with van der Waals surface area (Å²) in [5.74, 6) is -0.554. The van der Waals surface area contributed by atoms with Crippen molar-refractivity contribution >= 4 is 38.3 Å². The summed E-state index contributed by atoms with van der Waals surface area (Å²) in [6.45, 7) is 3.40. The lowest BCUT2D eigenvalue weighted by Crippen LogP contribution is -2.52. The number of carbonyl (C=O) groups is 1. The number of halogens is 8. The Morgan fingerprint density at radius 1 is 1.03 bits per heavy atom. The summed E-state index contributed by atoms with van der Waals surface area (Å²) in [5, 5.41) is 0. The first-order valence-corrected chi connectivity index (χ1v) is 13.5. The summed E-state index contributed by atoms with van der Waals surface area (Å²) in [6.07, 6.45) is -12.0. The maximum atomic E-state index is 14.8. The quantitative estimate of drug-likeness (QED) is 0.230. The Bertz CT molecular complexity index is 1340. The molecular formula is C24H19F7INO3S. The van der Waals surface area contributed by atoms with Crippen molar-refractivity contribution in [3.05, 3.63) is 75.4 Å². The van der Waals surface area contributed by atoms with E-state index in [2.05, 4.69) is 6.58 Å². The number of hydrogen-bond acceptors (Lipinski definition) is 3. The molecule has 1 heterocycles. The van der Waals surface area contributed by atoms with Gasteiger partial charge in [-0.3, -0.25) is 4.79 Å². The number of aryl methyl sites for hydroxylation is 1. The van der Waals surface area contributed by atoms with E-state index >= 15 is 0 Å². The lowest BCUT2D eigenvalue weighted by Gasteiger charge is -2.43. The van der Waals surface area contributed by atoms with Crippen LogP contribution in [0.4, 0.5) is 30.7 Å². The molecule has 2 atom stereocenters. The van der Waals surface area contributed by atoms with E-state index in [1.54, 1.807) is 0 Å². The first-order chi connectivity index (χ1) is 17.0. The van der Waals surface area contributed by atoms with Crippen LogP contribution in [-0.4, -0.2) is 44.2 Å². The van der Waals surface area contributed by atoms with Crippen LogP contribution < -0.4 is 0 Å². The Morgan fingerprint density at radius 2 is 1.62 bits per heavy atom. The zero-order chi connectivity index (χ0) is 27.6. The van der Waals surface area contributed by atoms with E-state index in [0.29, 0.717) is 12.1 Å². The van der Waals surface area contributed by atoms with Gasteiger partial charge < -0.3 is 4.90 Å². The van der Waals surface area contributed by atoms with Crippen molar-refractivity contribution in [1.82, 2.24) is 4.90 Å². The Labute approximate surface area is 221 Å². The summed E-state index contributed by atoms with van der Waals surface area (Å²) in [4.78, 5) is 13.7. The number of hydrogen-bond donors (Lipinski definition) is 0. The molecule has 1 amide bonds. The van der Waals surface area contributed by atoms with Crippen molar-refractivity contribution in [3.8, 4) is 0 Å². The maximum absolute atomic E-state index is 14.8. The number of sulfone groups is 1. The molecule has 2 aromatic rings. The monoisotopic (exact) mass is 661 g/mol. The Hall–Kier alpha value is -2.16. The van der Waals surface area contributed by atoms with Crippen LogP contribution >= 0.6 is 22.6 Å². The number of rotatable bonds is 4. The average molecular weight is 661 g/mol. The largest absolute Gasteiger partial charge is 0.435 e. The third-order valence-corrected chi connectivity index (χ3v) is 10.4. The molecule has 0 N–H and O–H groups in total. The standard InChI is InChI=1S/C24H19F7INO3S/c1-2-20(34)33-12-11-21(37(35,36)17-7-5-16(32)6-8-17)18-9-4-15(13-14(18)3-10-19(21)33)22(25,23(26,27)28)24(29,30)31/h2,4-9,13,19H,1,3,10-12H2/t19-,21-/m1/s1. The zero-order valence-corrected chi connectivity index (χ0v) is 21.8. The minimum Gasteiger partial charge on any atom is -0.334 e. The lowest BCUT2D eigenvalue weighted by atomic mass is 9.76. The van der Waals surface area contributed by atoms with E-state index in [4.69, 9.17) is 0 Å². The Balaban J connectivity index is 1.97. The van der Waals surface area contributed by atoms with Gasteiger partial charge >= 0.3 is 18.0 Å². The van der Waals surface area contributed by atoms with Crippen molar-refractivity contribution in [2.45, 2.75) is 53.0 Å². The van der Waals surface area contributed by atoms with Crippen molar-refractivity contribution in [2.75, 3.05) is 6.54 Å². The minimum atomic E-state index is -6.30. The molecule has 0 bridgehead atoms. The highest BCUT2D eigenvalue weighted by Gasteiger charge is 2.73. The summed E-state index contributed by atoms with van der Waals surface area (Å²) >= 11 is 1.97. The van der Waals surface area contributed by atoms with Gasteiger partial charge in [-0.25, -0.2) is 12.8 Å². The zero-order valence-electron chi connectivity index (χ0n) is 18.8. The predicted molar refractivity (Wildman–Crippen MR) is 128 cm³/mol. The number of nitrogens with zero attached hydrogens (tertiary/aromatic N) is 1. The highest BCUT2D eigenvalue weighted by molar-refractivity contribution is 14.1. The first-order valence-electron chi connectivity index (χ1n) is 10.9. The molecule has 0 saturated carbocycles. The van der Waals surface area contributed by atoms with Gasteiger partial charge in [-0.15, -0.1) is 0 Å². The second-order valence-corrected chi connectivity index (χ2v) is 12.4. The van der Waals surface area contributed by atoms with Gasteiger partial charge in [-0.05, 0) is 83.3 Å². The van der Waals surface area contributed by atoms with Gasteiger partial charge in [-0.1, -0.05) is 24.8 Å². The topological polar surface area (TPSA) is 54.5 Å². The smallest absolute Gasteiger partial charge is 0.334 e. The van der Waals surface area contributed by atoms with Crippen molar-refractivity contribution in [1.29, 1.82) is 0 Å². The second-order valence-electron chi connectivity index (χ2n) is 8.91. The summed E-state index contributed by atoms with van der Waals surface area (Å²) < 4.78 is 122. The lowest BCUT2D eigenvalue weighted by molar-refractivity contribution is -0.348. The molecule has 1 fully saturated rings. The van der Waals surface area contributed by atoms with Gasteiger partial charge in [0.25, 0.3) is 0 Å². The van der Waals surface area contributed by atoms with E-state index in [0.717, 1.165) is 15.7 Å². The SMILES string of the molecule is C=CC(=O)N1CC[C@@]2(S(=O)(=O)c3ccc(I)cc3)c3ccc(C(F)(C(F)(F)F)C(F)(F)F)cc3CC[C@@H]12. The molecule has 1 aliphatic carbocycles. The van der Waals surface area contributed by atoms with Gasteiger partial charge in [0.05, 0.1) is 10.9 Å². The Kier molecular flexibility index (Phi) is 6.74. The van der Waals surface area contributed by atoms with Crippen LogP contribution in [0.2, 0.25) is 0 Å². The van der Waals surface area contributed by atoms with E-state index in [1.165, 1.54) is 29.2 Å². The maximum Gasteiger partial charge on any atom is 0.435 e. The molecule has 1 aliphatic heterocycles. The molecule has 4 nitrogen and oxygen atoms in total. The van der Waals surface area contributed by atoms with Gasteiger partial charge in [0.2, 0.25) is 5.91 Å². The van der Waals surface area contributed by atoms with Crippen LogP contribution in [0.3, 0.4) is 0 Å². The van der Waals surface area contributed by atoms with E-state index < -0.39 is 50.1 Å². The number of amides is 1. The highest BCUT2D eigenvalue weighted by Crippen LogP contribution is 2.56.